The Balaban J connectivity index is 1.57. The van der Waals surface area contributed by atoms with Gasteiger partial charge < -0.3 is 9.30 Å². The maximum atomic E-state index is 13.3. The maximum Gasteiger partial charge on any atom is 0.307 e. The molecule has 9 heteroatoms. The van der Waals surface area contributed by atoms with Gasteiger partial charge in [-0.2, -0.15) is 0 Å². The molecule has 0 N–H and O–H groups in total. The predicted octanol–water partition coefficient (Wildman–Crippen LogP) is 4.31. The lowest BCUT2D eigenvalue weighted by Gasteiger charge is -2.11. The van der Waals surface area contributed by atoms with Crippen LogP contribution in [-0.2, 0) is 35.5 Å². The number of thioether (sulfide) groups is 1. The van der Waals surface area contributed by atoms with E-state index < -0.39 is 0 Å². The van der Waals surface area contributed by atoms with E-state index in [2.05, 4.69) is 0 Å². The first-order chi connectivity index (χ1) is 15.8. The average molecular weight is 488 g/mol. The van der Waals surface area contributed by atoms with Crippen LogP contribution in [0.25, 0.3) is 10.2 Å². The summed E-state index contributed by atoms with van der Waals surface area (Å²) >= 11 is 2.96. The Morgan fingerprint density at radius 1 is 1.21 bits per heavy atom. The molecule has 7 nitrogen and oxygen atoms in total. The quantitative estimate of drug-likeness (QED) is 0.194. The normalized spacial score (nSPS) is 13.0. The summed E-state index contributed by atoms with van der Waals surface area (Å²) in [6, 6.07) is 1.87. The molecule has 0 bridgehead atoms. The highest BCUT2D eigenvalue weighted by molar-refractivity contribution is 7.99. The molecule has 1 aliphatic rings. The first kappa shape index (κ1) is 23.8. The van der Waals surface area contributed by atoms with Gasteiger partial charge in [0.25, 0.3) is 5.56 Å². The zero-order valence-electron chi connectivity index (χ0n) is 19.5. The summed E-state index contributed by atoms with van der Waals surface area (Å²) in [7, 11) is 1.37. The van der Waals surface area contributed by atoms with E-state index in [1.165, 1.54) is 29.3 Å². The number of aryl methyl sites for hydroxylation is 3. The number of thiophene rings is 1. The molecule has 1 aliphatic carbocycles. The van der Waals surface area contributed by atoms with Crippen molar-refractivity contribution in [2.75, 3.05) is 12.9 Å². The maximum absolute atomic E-state index is 13.3. The molecule has 33 heavy (non-hydrogen) atoms. The van der Waals surface area contributed by atoms with E-state index in [0.717, 1.165) is 47.3 Å². The van der Waals surface area contributed by atoms with Crippen molar-refractivity contribution in [1.82, 2.24) is 14.1 Å². The topological polar surface area (TPSA) is 83.2 Å². The van der Waals surface area contributed by atoms with Gasteiger partial charge in [0.1, 0.15) is 4.83 Å². The standard InChI is InChI=1S/C24H29N3O4S2/c1-5-10-27-23(30)21-16-7-6-8-19(16)33-22(21)25-24(27)32-13-18(28)17-12-14(2)26(15(17)3)11-9-20(29)31-4/h12H,5-11,13H2,1-4H3. The molecule has 3 heterocycles. The van der Waals surface area contributed by atoms with Gasteiger partial charge in [-0.15, -0.1) is 11.3 Å². The second kappa shape index (κ2) is 9.85. The number of hydrogen-bond donors (Lipinski definition) is 0. The molecule has 0 saturated carbocycles. The fraction of sp³-hybridized carbons (Fsp3) is 0.500. The third-order valence-corrected chi connectivity index (χ3v) is 8.37. The molecular weight excluding hydrogens is 458 g/mol. The second-order valence-corrected chi connectivity index (χ2v) is 10.4. The van der Waals surface area contributed by atoms with E-state index in [0.29, 0.717) is 23.8 Å². The van der Waals surface area contributed by atoms with E-state index >= 15 is 0 Å². The first-order valence-corrected chi connectivity index (χ1v) is 13.1. The van der Waals surface area contributed by atoms with Gasteiger partial charge in [-0.05, 0) is 51.2 Å². The van der Waals surface area contributed by atoms with E-state index in [1.54, 1.807) is 15.9 Å². The van der Waals surface area contributed by atoms with Gasteiger partial charge >= 0.3 is 5.97 Å². The Morgan fingerprint density at radius 2 is 2.00 bits per heavy atom. The molecule has 4 rings (SSSR count). The molecule has 0 aliphatic heterocycles. The number of nitrogens with zero attached hydrogens (tertiary/aromatic N) is 3. The summed E-state index contributed by atoms with van der Waals surface area (Å²) < 4.78 is 8.44. The summed E-state index contributed by atoms with van der Waals surface area (Å²) in [5.41, 5.74) is 3.62. The number of aromatic nitrogens is 3. The number of hydrogen-bond acceptors (Lipinski definition) is 7. The number of rotatable bonds is 9. The lowest BCUT2D eigenvalue weighted by Crippen LogP contribution is -2.23. The minimum absolute atomic E-state index is 0.0107. The molecule has 3 aromatic heterocycles. The van der Waals surface area contributed by atoms with E-state index in [-0.39, 0.29) is 29.5 Å². The molecule has 0 unspecified atom stereocenters. The lowest BCUT2D eigenvalue weighted by atomic mass is 10.2. The number of ketones is 1. The van der Waals surface area contributed by atoms with Crippen molar-refractivity contribution in [2.24, 2.45) is 0 Å². The molecule has 0 fully saturated rings. The molecule has 0 aromatic carbocycles. The van der Waals surface area contributed by atoms with Gasteiger partial charge in [0.05, 0.1) is 24.7 Å². The number of carbonyl (C=O) groups is 2. The minimum atomic E-state index is -0.277. The summed E-state index contributed by atoms with van der Waals surface area (Å²) in [4.78, 5) is 44.8. The number of fused-ring (bicyclic) bond motifs is 3. The van der Waals surface area contributed by atoms with Crippen molar-refractivity contribution < 1.29 is 14.3 Å². The van der Waals surface area contributed by atoms with Crippen molar-refractivity contribution in [1.29, 1.82) is 0 Å². The molecule has 0 radical (unpaired) electrons. The van der Waals surface area contributed by atoms with Crippen LogP contribution >= 0.6 is 23.1 Å². The fourth-order valence-electron chi connectivity index (χ4n) is 4.53. The predicted molar refractivity (Wildman–Crippen MR) is 132 cm³/mol. The summed E-state index contributed by atoms with van der Waals surface area (Å²) in [5.74, 6) is -0.0852. The number of methoxy groups -OCH3 is 1. The van der Waals surface area contributed by atoms with Crippen molar-refractivity contribution in [2.45, 2.75) is 71.1 Å². The fourth-order valence-corrected chi connectivity index (χ4v) is 6.74. The van der Waals surface area contributed by atoms with Crippen LogP contribution in [-0.4, -0.2) is 38.7 Å². The number of esters is 1. The monoisotopic (exact) mass is 487 g/mol. The Morgan fingerprint density at radius 3 is 2.73 bits per heavy atom. The van der Waals surface area contributed by atoms with Crippen molar-refractivity contribution >= 4 is 45.1 Å². The molecular formula is C24H29N3O4S2. The highest BCUT2D eigenvalue weighted by Crippen LogP contribution is 2.35. The third-order valence-electron chi connectivity index (χ3n) is 6.21. The zero-order valence-corrected chi connectivity index (χ0v) is 21.2. The van der Waals surface area contributed by atoms with Crippen LogP contribution in [0.5, 0.6) is 0 Å². The van der Waals surface area contributed by atoms with Gasteiger partial charge in [0.15, 0.2) is 10.9 Å². The third kappa shape index (κ3) is 4.53. The molecule has 0 spiro atoms. The zero-order chi connectivity index (χ0) is 23.7. The Hall–Kier alpha value is -2.39. The molecule has 176 valence electrons. The SMILES string of the molecule is CCCn1c(SCC(=O)c2cc(C)n(CCC(=O)OC)c2C)nc2sc3c(c2c1=O)CCC3. The van der Waals surface area contributed by atoms with Crippen LogP contribution in [0.15, 0.2) is 16.0 Å². The van der Waals surface area contributed by atoms with E-state index in [1.807, 2.05) is 31.4 Å². The van der Waals surface area contributed by atoms with Crippen molar-refractivity contribution in [3.63, 3.8) is 0 Å². The number of carbonyl (C=O) groups excluding carboxylic acids is 2. The van der Waals surface area contributed by atoms with E-state index in [4.69, 9.17) is 9.72 Å². The van der Waals surface area contributed by atoms with Gasteiger partial charge in [-0.25, -0.2) is 4.98 Å². The van der Waals surface area contributed by atoms with Gasteiger partial charge in [0, 0.05) is 34.9 Å². The highest BCUT2D eigenvalue weighted by atomic mass is 32.2. The first-order valence-electron chi connectivity index (χ1n) is 11.3. The highest BCUT2D eigenvalue weighted by Gasteiger charge is 2.24. The van der Waals surface area contributed by atoms with Gasteiger partial charge in [-0.3, -0.25) is 19.0 Å². The van der Waals surface area contributed by atoms with Crippen molar-refractivity contribution in [3.05, 3.63) is 43.8 Å². The second-order valence-electron chi connectivity index (χ2n) is 8.36. The van der Waals surface area contributed by atoms with Crippen LogP contribution in [0.2, 0.25) is 0 Å². The van der Waals surface area contributed by atoms with Gasteiger partial charge in [0.2, 0.25) is 0 Å². The summed E-state index contributed by atoms with van der Waals surface area (Å²) in [5, 5.41) is 1.40. The molecule has 0 saturated heterocycles. The minimum Gasteiger partial charge on any atom is -0.469 e. The number of ether oxygens (including phenoxy) is 1. The van der Waals surface area contributed by atoms with Crippen LogP contribution < -0.4 is 5.56 Å². The molecule has 0 atom stereocenters. The Bertz CT molecular complexity index is 1290. The molecule has 0 amide bonds. The smallest absolute Gasteiger partial charge is 0.307 e. The summed E-state index contributed by atoms with van der Waals surface area (Å²) in [6.45, 7) is 6.93. The Kier molecular flexibility index (Phi) is 7.09. The average Bonchev–Trinajstić information content (AvgIpc) is 3.46. The van der Waals surface area contributed by atoms with Crippen molar-refractivity contribution in [3.8, 4) is 0 Å². The Labute approximate surface area is 201 Å². The van der Waals surface area contributed by atoms with Crippen LogP contribution in [0.3, 0.4) is 0 Å². The van der Waals surface area contributed by atoms with E-state index in [9.17, 15) is 14.4 Å². The van der Waals surface area contributed by atoms with Crippen LogP contribution in [0, 0.1) is 13.8 Å². The summed E-state index contributed by atoms with van der Waals surface area (Å²) in [6.07, 6.45) is 4.16. The molecule has 3 aromatic rings. The number of Topliss-reactive ketones (excluding diaryl/α,β-unsaturated/α-hetero) is 1. The largest absolute Gasteiger partial charge is 0.469 e. The van der Waals surface area contributed by atoms with Crippen LogP contribution in [0.4, 0.5) is 0 Å². The van der Waals surface area contributed by atoms with Gasteiger partial charge in [-0.1, -0.05) is 18.7 Å². The lowest BCUT2D eigenvalue weighted by molar-refractivity contribution is -0.140. The van der Waals surface area contributed by atoms with Crippen LogP contribution in [0.1, 0.15) is 58.4 Å².